The van der Waals surface area contributed by atoms with E-state index in [0.717, 1.165) is 25.9 Å². The molecular formula is C16H28N2O4. The fourth-order valence-electron chi connectivity index (χ4n) is 2.65. The minimum Gasteiger partial charge on any atom is -0.503 e. The predicted octanol–water partition coefficient (Wildman–Crippen LogP) is 1.05. The van der Waals surface area contributed by atoms with Crippen LogP contribution in [-0.4, -0.2) is 44.5 Å². The number of hydrogen-bond acceptors (Lipinski definition) is 5. The van der Waals surface area contributed by atoms with Crippen molar-refractivity contribution in [3.63, 3.8) is 0 Å². The standard InChI is InChI=1S/C16H28N2O4/c1-3-6-17(7-4-2)11-14-16(22)15(21)10-13(12-20)18(14)8-5-9-19/h10,19-20,22H,3-9,11-12H2,1-2H3. The second kappa shape index (κ2) is 9.61. The third-order valence-electron chi connectivity index (χ3n) is 3.63. The summed E-state index contributed by atoms with van der Waals surface area (Å²) in [4.78, 5) is 14.1. The molecule has 1 aromatic rings. The topological polar surface area (TPSA) is 85.9 Å². The number of rotatable bonds is 10. The number of aromatic hydroxyl groups is 1. The molecule has 0 aromatic carbocycles. The van der Waals surface area contributed by atoms with Gasteiger partial charge in [-0.05, 0) is 32.4 Å². The van der Waals surface area contributed by atoms with Crippen molar-refractivity contribution in [1.82, 2.24) is 9.47 Å². The van der Waals surface area contributed by atoms with Gasteiger partial charge in [0, 0.05) is 31.5 Å². The Labute approximate surface area is 131 Å². The van der Waals surface area contributed by atoms with Crippen molar-refractivity contribution in [2.24, 2.45) is 0 Å². The SMILES string of the molecule is CCCN(CCC)Cc1c(O)c(=O)cc(CO)n1CCCO. The van der Waals surface area contributed by atoms with Crippen molar-refractivity contribution in [3.05, 3.63) is 27.7 Å². The first-order chi connectivity index (χ1) is 10.6. The lowest BCUT2D eigenvalue weighted by atomic mass is 10.2. The highest BCUT2D eigenvalue weighted by Gasteiger charge is 2.17. The lowest BCUT2D eigenvalue weighted by Gasteiger charge is -2.25. The van der Waals surface area contributed by atoms with Crippen LogP contribution in [-0.2, 0) is 19.7 Å². The highest BCUT2D eigenvalue weighted by molar-refractivity contribution is 5.30. The molecule has 0 aliphatic rings. The molecule has 0 bridgehead atoms. The van der Waals surface area contributed by atoms with Crippen LogP contribution < -0.4 is 5.43 Å². The van der Waals surface area contributed by atoms with E-state index in [0.29, 0.717) is 30.9 Å². The molecule has 22 heavy (non-hydrogen) atoms. The van der Waals surface area contributed by atoms with Gasteiger partial charge in [0.2, 0.25) is 5.43 Å². The average Bonchev–Trinajstić information content (AvgIpc) is 2.51. The highest BCUT2D eigenvalue weighted by Crippen LogP contribution is 2.18. The van der Waals surface area contributed by atoms with E-state index >= 15 is 0 Å². The van der Waals surface area contributed by atoms with Gasteiger partial charge in [-0.25, -0.2) is 0 Å². The molecule has 3 N–H and O–H groups in total. The van der Waals surface area contributed by atoms with Gasteiger partial charge in [0.1, 0.15) is 0 Å². The van der Waals surface area contributed by atoms with Crippen LogP contribution in [0.2, 0.25) is 0 Å². The van der Waals surface area contributed by atoms with E-state index in [9.17, 15) is 15.0 Å². The molecule has 1 rings (SSSR count). The van der Waals surface area contributed by atoms with Gasteiger partial charge in [-0.15, -0.1) is 0 Å². The van der Waals surface area contributed by atoms with Crippen LogP contribution in [0, 0.1) is 0 Å². The van der Waals surface area contributed by atoms with E-state index in [1.807, 2.05) is 0 Å². The third kappa shape index (κ3) is 4.83. The van der Waals surface area contributed by atoms with Crippen LogP contribution in [0.1, 0.15) is 44.5 Å². The lowest BCUT2D eigenvalue weighted by Crippen LogP contribution is -2.29. The summed E-state index contributed by atoms with van der Waals surface area (Å²) in [5.41, 5.74) is 0.526. The summed E-state index contributed by atoms with van der Waals surface area (Å²) < 4.78 is 1.76. The van der Waals surface area contributed by atoms with Crippen LogP contribution in [0.5, 0.6) is 5.75 Å². The van der Waals surface area contributed by atoms with Crippen molar-refractivity contribution < 1.29 is 15.3 Å². The van der Waals surface area contributed by atoms with Crippen molar-refractivity contribution in [3.8, 4) is 5.75 Å². The molecule has 0 unspecified atom stereocenters. The maximum Gasteiger partial charge on any atom is 0.223 e. The van der Waals surface area contributed by atoms with Gasteiger partial charge in [-0.2, -0.15) is 0 Å². The number of pyridine rings is 1. The molecule has 126 valence electrons. The maximum atomic E-state index is 11.9. The molecule has 0 amide bonds. The van der Waals surface area contributed by atoms with Crippen LogP contribution >= 0.6 is 0 Å². The smallest absolute Gasteiger partial charge is 0.223 e. The van der Waals surface area contributed by atoms with Crippen LogP contribution in [0.25, 0.3) is 0 Å². The van der Waals surface area contributed by atoms with E-state index < -0.39 is 5.43 Å². The van der Waals surface area contributed by atoms with E-state index in [1.54, 1.807) is 4.57 Å². The van der Waals surface area contributed by atoms with Gasteiger partial charge in [0.15, 0.2) is 5.75 Å². The molecule has 0 radical (unpaired) electrons. The van der Waals surface area contributed by atoms with Crippen molar-refractivity contribution in [1.29, 1.82) is 0 Å². The van der Waals surface area contributed by atoms with Gasteiger partial charge < -0.3 is 19.9 Å². The van der Waals surface area contributed by atoms with Crippen LogP contribution in [0.15, 0.2) is 10.9 Å². The van der Waals surface area contributed by atoms with Gasteiger partial charge in [-0.3, -0.25) is 9.69 Å². The van der Waals surface area contributed by atoms with E-state index in [1.165, 1.54) is 6.07 Å². The number of nitrogens with zero attached hydrogens (tertiary/aromatic N) is 2. The molecule has 0 spiro atoms. The molecular weight excluding hydrogens is 284 g/mol. The van der Waals surface area contributed by atoms with Crippen LogP contribution in [0.3, 0.4) is 0 Å². The van der Waals surface area contributed by atoms with Crippen molar-refractivity contribution >= 4 is 0 Å². The molecule has 1 aromatic heterocycles. The normalized spacial score (nSPS) is 11.3. The van der Waals surface area contributed by atoms with E-state index in [4.69, 9.17) is 5.11 Å². The first-order valence-electron chi connectivity index (χ1n) is 7.97. The summed E-state index contributed by atoms with van der Waals surface area (Å²) in [6.45, 7) is 6.61. The van der Waals surface area contributed by atoms with E-state index in [-0.39, 0.29) is 19.0 Å². The summed E-state index contributed by atoms with van der Waals surface area (Å²) >= 11 is 0. The van der Waals surface area contributed by atoms with Crippen molar-refractivity contribution in [2.45, 2.75) is 52.8 Å². The number of aliphatic hydroxyl groups excluding tert-OH is 2. The summed E-state index contributed by atoms with van der Waals surface area (Å²) in [5, 5.41) is 28.7. The fourth-order valence-corrected chi connectivity index (χ4v) is 2.65. The summed E-state index contributed by atoms with van der Waals surface area (Å²) in [6, 6.07) is 1.26. The summed E-state index contributed by atoms with van der Waals surface area (Å²) in [7, 11) is 0. The number of aromatic nitrogens is 1. The minimum atomic E-state index is -0.466. The van der Waals surface area contributed by atoms with E-state index in [2.05, 4.69) is 18.7 Å². The Morgan fingerprint density at radius 1 is 1.18 bits per heavy atom. The molecule has 0 atom stereocenters. The highest BCUT2D eigenvalue weighted by atomic mass is 16.3. The lowest BCUT2D eigenvalue weighted by molar-refractivity contribution is 0.236. The monoisotopic (exact) mass is 312 g/mol. The Hall–Kier alpha value is -1.37. The second-order valence-corrected chi connectivity index (χ2v) is 5.46. The first-order valence-corrected chi connectivity index (χ1v) is 7.97. The Kier molecular flexibility index (Phi) is 8.16. The molecule has 0 saturated carbocycles. The first kappa shape index (κ1) is 18.7. The number of aliphatic hydroxyl groups is 2. The zero-order valence-corrected chi connectivity index (χ0v) is 13.6. The Bertz CT molecular complexity index is 508. The molecule has 6 heteroatoms. The fraction of sp³-hybridized carbons (Fsp3) is 0.688. The van der Waals surface area contributed by atoms with Gasteiger partial charge in [-0.1, -0.05) is 13.8 Å². The zero-order chi connectivity index (χ0) is 16.5. The van der Waals surface area contributed by atoms with Gasteiger partial charge in [0.25, 0.3) is 0 Å². The Morgan fingerprint density at radius 3 is 2.32 bits per heavy atom. The van der Waals surface area contributed by atoms with Gasteiger partial charge >= 0.3 is 0 Å². The molecule has 0 aliphatic carbocycles. The molecule has 6 nitrogen and oxygen atoms in total. The third-order valence-corrected chi connectivity index (χ3v) is 3.63. The molecule has 0 saturated heterocycles. The average molecular weight is 312 g/mol. The van der Waals surface area contributed by atoms with Gasteiger partial charge in [0.05, 0.1) is 12.3 Å². The Morgan fingerprint density at radius 2 is 1.82 bits per heavy atom. The number of hydrogen-bond donors (Lipinski definition) is 3. The van der Waals surface area contributed by atoms with Crippen molar-refractivity contribution in [2.75, 3.05) is 19.7 Å². The maximum absolute atomic E-state index is 11.9. The molecule has 1 heterocycles. The zero-order valence-electron chi connectivity index (χ0n) is 13.6. The predicted molar refractivity (Wildman–Crippen MR) is 85.9 cm³/mol. The van der Waals surface area contributed by atoms with Crippen LogP contribution in [0.4, 0.5) is 0 Å². The molecule has 0 fully saturated rings. The molecule has 0 aliphatic heterocycles. The summed E-state index contributed by atoms with van der Waals surface area (Å²) in [6.07, 6.45) is 2.48. The minimum absolute atomic E-state index is 0.0187. The summed E-state index contributed by atoms with van der Waals surface area (Å²) in [5.74, 6) is -0.257. The Balaban J connectivity index is 3.22. The quantitative estimate of drug-likeness (QED) is 0.601. The second-order valence-electron chi connectivity index (χ2n) is 5.46. The largest absolute Gasteiger partial charge is 0.503 e.